The zero-order valence-corrected chi connectivity index (χ0v) is 24.4. The number of fused-ring (bicyclic) bond motifs is 1. The van der Waals surface area contributed by atoms with Crippen LogP contribution in [0.5, 0.6) is 5.75 Å². The fraction of sp³-hybridized carbons (Fsp3) is 0.423. The molecule has 0 spiro atoms. The number of carbonyl (C=O) groups is 1. The summed E-state index contributed by atoms with van der Waals surface area (Å²) in [6.45, 7) is 2.35. The van der Waals surface area contributed by atoms with Crippen LogP contribution in [0.4, 0.5) is 14.6 Å². The van der Waals surface area contributed by atoms with E-state index in [9.17, 15) is 23.5 Å². The molecule has 1 aromatic heterocycles. The molecule has 226 valence electrons. The maximum atomic E-state index is 12.2. The van der Waals surface area contributed by atoms with Crippen molar-refractivity contribution in [2.45, 2.75) is 44.8 Å². The summed E-state index contributed by atoms with van der Waals surface area (Å²) in [5.41, 5.74) is 4.86. The van der Waals surface area contributed by atoms with Crippen molar-refractivity contribution in [1.29, 1.82) is 0 Å². The molecule has 4 N–H and O–H groups in total. The largest absolute Gasteiger partial charge is 0.435 e. The van der Waals surface area contributed by atoms with Crippen molar-refractivity contribution in [1.82, 2.24) is 14.6 Å². The van der Waals surface area contributed by atoms with Gasteiger partial charge in [-0.2, -0.15) is 4.98 Å². The van der Waals surface area contributed by atoms with Crippen LogP contribution >= 0.6 is 20.1 Å². The number of anilines is 1. The summed E-state index contributed by atoms with van der Waals surface area (Å²) >= 11 is 5.96. The molecule has 0 bridgehead atoms. The molecule has 1 saturated heterocycles. The van der Waals surface area contributed by atoms with Crippen LogP contribution in [0.2, 0.25) is 5.02 Å². The van der Waals surface area contributed by atoms with Gasteiger partial charge in [-0.3, -0.25) is 4.57 Å². The predicted octanol–water partition coefficient (Wildman–Crippen LogP) is 4.32. The molecule has 0 amide bonds. The van der Waals surface area contributed by atoms with Crippen LogP contribution in [0.25, 0.3) is 10.8 Å². The number of alkyl halides is 2. The lowest BCUT2D eigenvalue weighted by molar-refractivity contribution is -0.106. The van der Waals surface area contributed by atoms with Crippen LogP contribution in [0, 0.1) is 0 Å². The van der Waals surface area contributed by atoms with Crippen molar-refractivity contribution in [2.75, 3.05) is 32.9 Å². The number of halogens is 3. The Kier molecular flexibility index (Phi) is 15.0. The number of nitrogen functional groups attached to an aromatic ring is 1. The molecule has 0 aliphatic carbocycles. The number of nitrogens with one attached hydrogen (secondary N) is 1. The molecule has 1 fully saturated rings. The third-order valence-corrected chi connectivity index (χ3v) is 6.94. The van der Waals surface area contributed by atoms with E-state index < -0.39 is 39.6 Å². The van der Waals surface area contributed by atoms with E-state index in [0.717, 1.165) is 15.3 Å². The minimum Gasteiger partial charge on any atom is -0.435 e. The van der Waals surface area contributed by atoms with Crippen molar-refractivity contribution >= 4 is 43.0 Å². The molecule has 4 rings (SSSR count). The molecule has 1 aliphatic heterocycles. The molecular weight excluding hydrogens is 585 g/mol. The number of rotatable bonds is 10. The number of hydrogen-bond donors (Lipinski definition) is 3. The Morgan fingerprint density at radius 1 is 1.29 bits per heavy atom. The Bertz CT molecular complexity index is 1280. The van der Waals surface area contributed by atoms with Crippen molar-refractivity contribution < 1.29 is 37.2 Å². The number of methoxy groups -OCH3 is 1. The Labute approximate surface area is 242 Å². The first-order chi connectivity index (χ1) is 19.6. The van der Waals surface area contributed by atoms with Crippen LogP contribution in [-0.2, 0) is 18.8 Å². The molecule has 3 aromatic rings. The van der Waals surface area contributed by atoms with E-state index in [4.69, 9.17) is 35.9 Å². The first-order valence-electron chi connectivity index (χ1n) is 12.4. The Morgan fingerprint density at radius 2 is 1.95 bits per heavy atom. The summed E-state index contributed by atoms with van der Waals surface area (Å²) in [6.07, 6.45) is 0.0925. The van der Waals surface area contributed by atoms with Gasteiger partial charge in [-0.15, -0.1) is 0 Å². The third kappa shape index (κ3) is 10.9. The smallest absolute Gasteiger partial charge is 0.351 e. The normalized spacial score (nSPS) is 18.7. The topological polar surface area (TPSA) is 147 Å². The van der Waals surface area contributed by atoms with Crippen molar-refractivity contribution in [3.05, 3.63) is 64.2 Å². The van der Waals surface area contributed by atoms with E-state index in [1.807, 2.05) is 56.3 Å². The monoisotopic (exact) mass is 618 g/mol. The van der Waals surface area contributed by atoms with Gasteiger partial charge >= 0.3 is 14.2 Å². The Morgan fingerprint density at radius 3 is 2.61 bits per heavy atom. The standard InChI is InChI=1S/C21H22ClN4O6P.C4H10O.CH2F2/c22-16-11-26(21(29)25-19(16)23)20-17(28)10-14(31-20)12-30-33(24-8-9-27)32-18-7-3-5-13-4-1-2-6-15(13)18;1-4(2)5-3;2-1-3/h1-7,9,11,14,17,20,24,28H,8,10,12H2,(H2,23,25,29);4H,1-3H3;1H2. The fourth-order valence-corrected chi connectivity index (χ4v) is 4.68. The number of carbonyl (C=O) groups excluding carboxylic acids is 1. The number of benzene rings is 2. The maximum Gasteiger partial charge on any atom is 0.351 e. The molecule has 41 heavy (non-hydrogen) atoms. The molecule has 15 heteroatoms. The van der Waals surface area contributed by atoms with E-state index in [-0.39, 0.29) is 30.4 Å². The molecule has 4 atom stereocenters. The van der Waals surface area contributed by atoms with E-state index >= 15 is 0 Å². The average Bonchev–Trinajstić information content (AvgIpc) is 3.33. The first kappa shape index (κ1) is 34.4. The number of aldehydes is 1. The van der Waals surface area contributed by atoms with Gasteiger partial charge in [0.2, 0.25) is 6.93 Å². The van der Waals surface area contributed by atoms with Crippen LogP contribution in [0.15, 0.2) is 53.5 Å². The van der Waals surface area contributed by atoms with Gasteiger partial charge in [0.05, 0.1) is 30.4 Å². The van der Waals surface area contributed by atoms with Gasteiger partial charge in [0, 0.05) is 25.1 Å². The summed E-state index contributed by atoms with van der Waals surface area (Å²) in [5.74, 6) is 0.514. The molecule has 4 unspecified atom stereocenters. The van der Waals surface area contributed by atoms with Gasteiger partial charge in [0.1, 0.15) is 24.0 Å². The summed E-state index contributed by atoms with van der Waals surface area (Å²) in [7, 11) is 0.00700. The number of aromatic nitrogens is 2. The second-order valence-corrected chi connectivity index (χ2v) is 10.3. The van der Waals surface area contributed by atoms with Gasteiger partial charge in [-0.05, 0) is 25.3 Å². The van der Waals surface area contributed by atoms with Gasteiger partial charge in [0.25, 0.3) is 0 Å². The zero-order valence-electron chi connectivity index (χ0n) is 22.8. The van der Waals surface area contributed by atoms with Crippen molar-refractivity contribution in [2.24, 2.45) is 0 Å². The quantitative estimate of drug-likeness (QED) is 0.222. The summed E-state index contributed by atoms with van der Waals surface area (Å²) in [4.78, 5) is 26.7. The van der Waals surface area contributed by atoms with Crippen LogP contribution in [0.1, 0.15) is 26.5 Å². The molecule has 2 aromatic carbocycles. The van der Waals surface area contributed by atoms with E-state index in [1.165, 1.54) is 6.20 Å². The number of nitrogens with zero attached hydrogens (tertiary/aromatic N) is 2. The zero-order chi connectivity index (χ0) is 30.4. The molecular formula is C26H34ClF2N4O7P. The lowest BCUT2D eigenvalue weighted by Crippen LogP contribution is -2.32. The summed E-state index contributed by atoms with van der Waals surface area (Å²) in [6, 6.07) is 13.4. The van der Waals surface area contributed by atoms with Crippen LogP contribution in [0.3, 0.4) is 0 Å². The lowest BCUT2D eigenvalue weighted by atomic mass is 10.1. The summed E-state index contributed by atoms with van der Waals surface area (Å²) < 4.78 is 42.8. The SMILES string of the molecule is COC(C)C.FCF.Nc1nc(=O)n(C2OC(COP(NCC=O)Oc3cccc4ccccc34)CC2O)cc1Cl. The summed E-state index contributed by atoms with van der Waals surface area (Å²) in [5, 5.41) is 15.3. The average molecular weight is 619 g/mol. The highest BCUT2D eigenvalue weighted by Crippen LogP contribution is 2.40. The minimum absolute atomic E-state index is 0.0399. The Hall–Kier alpha value is -2.77. The number of aliphatic hydroxyl groups excluding tert-OH is 1. The number of hydrogen-bond acceptors (Lipinski definition) is 10. The highest BCUT2D eigenvalue weighted by molar-refractivity contribution is 7.45. The van der Waals surface area contributed by atoms with Gasteiger partial charge < -0.3 is 34.2 Å². The molecule has 2 heterocycles. The van der Waals surface area contributed by atoms with E-state index in [0.29, 0.717) is 18.1 Å². The first-order valence-corrected chi connectivity index (χ1v) is 14.0. The van der Waals surface area contributed by atoms with E-state index in [2.05, 4.69) is 10.1 Å². The number of nitrogens with two attached hydrogens (primary N) is 1. The predicted molar refractivity (Wildman–Crippen MR) is 153 cm³/mol. The van der Waals surface area contributed by atoms with Crippen LogP contribution < -0.4 is 21.0 Å². The highest BCUT2D eigenvalue weighted by Gasteiger charge is 2.37. The minimum atomic E-state index is -1.75. The third-order valence-electron chi connectivity index (χ3n) is 5.46. The second-order valence-electron chi connectivity index (χ2n) is 8.65. The lowest BCUT2D eigenvalue weighted by Gasteiger charge is -2.21. The van der Waals surface area contributed by atoms with E-state index in [1.54, 1.807) is 7.11 Å². The highest BCUT2D eigenvalue weighted by atomic mass is 35.5. The number of ether oxygens (including phenoxy) is 2. The Balaban J connectivity index is 0.000000653. The maximum absolute atomic E-state index is 12.2. The molecule has 1 aliphatic rings. The van der Waals surface area contributed by atoms with Crippen molar-refractivity contribution in [3.63, 3.8) is 0 Å². The van der Waals surface area contributed by atoms with Crippen LogP contribution in [-0.4, -0.2) is 66.4 Å². The van der Waals surface area contributed by atoms with Gasteiger partial charge in [-0.1, -0.05) is 48.0 Å². The number of aliphatic hydroxyl groups is 1. The second kappa shape index (κ2) is 17.9. The molecule has 11 nitrogen and oxygen atoms in total. The molecule has 0 radical (unpaired) electrons. The van der Waals surface area contributed by atoms with Crippen molar-refractivity contribution in [3.8, 4) is 5.75 Å². The van der Waals surface area contributed by atoms with Gasteiger partial charge in [-0.25, -0.2) is 18.7 Å². The van der Waals surface area contributed by atoms with Gasteiger partial charge in [0.15, 0.2) is 6.23 Å². The molecule has 0 saturated carbocycles. The fourth-order valence-electron chi connectivity index (χ4n) is 3.46.